The van der Waals surface area contributed by atoms with Gasteiger partial charge in [0.1, 0.15) is 23.2 Å². The number of rotatable bonds is 8. The first-order valence-corrected chi connectivity index (χ1v) is 13.8. The lowest BCUT2D eigenvalue weighted by molar-refractivity contribution is -0.0790. The van der Waals surface area contributed by atoms with Crippen LogP contribution in [0.3, 0.4) is 0 Å². The van der Waals surface area contributed by atoms with Crippen LogP contribution in [0.15, 0.2) is 36.4 Å². The second-order valence-corrected chi connectivity index (χ2v) is 11.0. The summed E-state index contributed by atoms with van der Waals surface area (Å²) in [4.78, 5) is 0. The van der Waals surface area contributed by atoms with Crippen molar-refractivity contribution in [3.63, 3.8) is 0 Å². The molecule has 0 N–H and O–H groups in total. The summed E-state index contributed by atoms with van der Waals surface area (Å²) in [5.41, 5.74) is -0.990. The van der Waals surface area contributed by atoms with Crippen LogP contribution in [0.1, 0.15) is 76.7 Å². The molecular formula is C31H36F6O. The molecule has 208 valence electrons. The maximum atomic E-state index is 14.8. The van der Waals surface area contributed by atoms with E-state index in [0.717, 1.165) is 42.7 Å². The third kappa shape index (κ3) is 7.57. The van der Waals surface area contributed by atoms with Crippen molar-refractivity contribution in [3.8, 4) is 16.9 Å². The van der Waals surface area contributed by atoms with Gasteiger partial charge in [0.2, 0.25) is 0 Å². The SMILES string of the molecule is CCCC1CCC(C2CCC(COc3ccc(-c4cc(F)c(/C=C/C(F)(F)F)c(F)c4)c(F)c3)CC2)CC1. The minimum Gasteiger partial charge on any atom is -0.493 e. The number of hydrogen-bond acceptors (Lipinski definition) is 1. The standard InChI is InChI=1S/C31H36F6O/c1-2-3-20-4-8-22(9-5-20)23-10-6-21(7-11-23)19-38-25-12-13-26(30(34)18-25)24-16-28(32)27(29(33)17-24)14-15-31(35,36)37/h12-18,20-23H,2-11,19H2,1H3/b15-14+. The second-order valence-electron chi connectivity index (χ2n) is 11.0. The lowest BCUT2D eigenvalue weighted by Crippen LogP contribution is -2.27. The Morgan fingerprint density at radius 3 is 1.89 bits per heavy atom. The Morgan fingerprint density at radius 2 is 1.37 bits per heavy atom. The van der Waals surface area contributed by atoms with Crippen LogP contribution in [0.25, 0.3) is 17.2 Å². The van der Waals surface area contributed by atoms with Gasteiger partial charge < -0.3 is 4.74 Å². The second kappa shape index (κ2) is 12.6. The highest BCUT2D eigenvalue weighted by molar-refractivity contribution is 5.68. The zero-order chi connectivity index (χ0) is 27.3. The summed E-state index contributed by atoms with van der Waals surface area (Å²) in [7, 11) is 0. The highest BCUT2D eigenvalue weighted by Gasteiger charge is 2.31. The van der Waals surface area contributed by atoms with Crippen molar-refractivity contribution < 1.29 is 31.1 Å². The van der Waals surface area contributed by atoms with Crippen LogP contribution in [0.2, 0.25) is 0 Å². The summed E-state index contributed by atoms with van der Waals surface area (Å²) in [6.45, 7) is 2.77. The van der Waals surface area contributed by atoms with Crippen molar-refractivity contribution in [1.29, 1.82) is 0 Å². The zero-order valence-corrected chi connectivity index (χ0v) is 21.8. The van der Waals surface area contributed by atoms with Gasteiger partial charge in [0, 0.05) is 23.3 Å². The molecule has 2 aliphatic carbocycles. The molecule has 38 heavy (non-hydrogen) atoms. The fourth-order valence-corrected chi connectivity index (χ4v) is 6.29. The largest absolute Gasteiger partial charge is 0.493 e. The minimum absolute atomic E-state index is 0.0596. The van der Waals surface area contributed by atoms with E-state index in [4.69, 9.17) is 4.74 Å². The first kappa shape index (κ1) is 28.6. The summed E-state index contributed by atoms with van der Waals surface area (Å²) in [5, 5.41) is 0. The Labute approximate surface area is 221 Å². The van der Waals surface area contributed by atoms with E-state index in [1.807, 2.05) is 0 Å². The van der Waals surface area contributed by atoms with Gasteiger partial charge in [0.05, 0.1) is 6.61 Å². The van der Waals surface area contributed by atoms with E-state index < -0.39 is 29.2 Å². The monoisotopic (exact) mass is 538 g/mol. The van der Waals surface area contributed by atoms with Gasteiger partial charge in [-0.05, 0) is 98.1 Å². The Morgan fingerprint density at radius 1 is 0.789 bits per heavy atom. The molecule has 0 unspecified atom stereocenters. The number of allylic oxidation sites excluding steroid dienone is 1. The van der Waals surface area contributed by atoms with Crippen LogP contribution in [-0.2, 0) is 0 Å². The van der Waals surface area contributed by atoms with Gasteiger partial charge in [-0.25, -0.2) is 13.2 Å². The predicted octanol–water partition coefficient (Wildman–Crippen LogP) is 10.1. The van der Waals surface area contributed by atoms with Gasteiger partial charge in [-0.15, -0.1) is 0 Å². The molecule has 0 spiro atoms. The molecule has 0 bridgehead atoms. The molecule has 2 fully saturated rings. The van der Waals surface area contributed by atoms with Crippen LogP contribution >= 0.6 is 0 Å². The van der Waals surface area contributed by atoms with E-state index >= 15 is 0 Å². The van der Waals surface area contributed by atoms with E-state index in [-0.39, 0.29) is 17.2 Å². The number of ether oxygens (including phenoxy) is 1. The molecule has 0 atom stereocenters. The molecule has 0 aromatic heterocycles. The van der Waals surface area contributed by atoms with Crippen molar-refractivity contribution >= 4 is 6.08 Å². The van der Waals surface area contributed by atoms with Crippen molar-refractivity contribution in [1.82, 2.24) is 0 Å². The number of benzene rings is 2. The summed E-state index contributed by atoms with van der Waals surface area (Å²) < 4.78 is 86.3. The molecule has 0 aliphatic heterocycles. The molecule has 2 aromatic carbocycles. The number of halogens is 6. The van der Waals surface area contributed by atoms with Gasteiger partial charge in [-0.1, -0.05) is 32.6 Å². The minimum atomic E-state index is -4.70. The summed E-state index contributed by atoms with van der Waals surface area (Å²) in [6, 6.07) is 5.75. The molecule has 0 saturated heterocycles. The predicted molar refractivity (Wildman–Crippen MR) is 138 cm³/mol. The topological polar surface area (TPSA) is 9.23 Å². The van der Waals surface area contributed by atoms with Gasteiger partial charge in [0.25, 0.3) is 0 Å². The van der Waals surface area contributed by atoms with Crippen molar-refractivity contribution in [2.75, 3.05) is 6.61 Å². The average Bonchev–Trinajstić information content (AvgIpc) is 2.87. The molecule has 2 saturated carbocycles. The average molecular weight is 539 g/mol. The summed E-state index contributed by atoms with van der Waals surface area (Å²) in [5.74, 6) is 0.222. The summed E-state index contributed by atoms with van der Waals surface area (Å²) in [6.07, 6.45) is 8.15. The Hall–Kier alpha value is -2.44. The lowest BCUT2D eigenvalue weighted by Gasteiger charge is -2.37. The van der Waals surface area contributed by atoms with E-state index in [1.165, 1.54) is 63.5 Å². The van der Waals surface area contributed by atoms with Crippen molar-refractivity contribution in [2.45, 2.75) is 77.3 Å². The molecule has 2 aromatic rings. The molecular weight excluding hydrogens is 502 g/mol. The van der Waals surface area contributed by atoms with Gasteiger partial charge in [-0.3, -0.25) is 0 Å². The number of alkyl halides is 3. The fourth-order valence-electron chi connectivity index (χ4n) is 6.29. The third-order valence-electron chi connectivity index (χ3n) is 8.40. The van der Waals surface area contributed by atoms with Gasteiger partial charge in [0.15, 0.2) is 0 Å². The Balaban J connectivity index is 1.30. The summed E-state index contributed by atoms with van der Waals surface area (Å²) >= 11 is 0. The molecule has 7 heteroatoms. The van der Waals surface area contributed by atoms with E-state index in [9.17, 15) is 26.3 Å². The lowest BCUT2D eigenvalue weighted by atomic mass is 9.69. The van der Waals surface area contributed by atoms with Crippen molar-refractivity contribution in [3.05, 3.63) is 59.4 Å². The smallest absolute Gasteiger partial charge is 0.409 e. The van der Waals surface area contributed by atoms with Crippen molar-refractivity contribution in [2.24, 2.45) is 23.7 Å². The maximum Gasteiger partial charge on any atom is 0.409 e. The van der Waals surface area contributed by atoms with Crippen LogP contribution in [0, 0.1) is 41.1 Å². The Bertz CT molecular complexity index is 1070. The molecule has 0 heterocycles. The molecule has 4 rings (SSSR count). The van der Waals surface area contributed by atoms with Crippen LogP contribution in [-0.4, -0.2) is 12.8 Å². The van der Waals surface area contributed by atoms with Crippen LogP contribution < -0.4 is 4.74 Å². The van der Waals surface area contributed by atoms with Gasteiger partial charge in [-0.2, -0.15) is 13.2 Å². The van der Waals surface area contributed by atoms with Crippen LogP contribution in [0.5, 0.6) is 5.75 Å². The van der Waals surface area contributed by atoms with Gasteiger partial charge >= 0.3 is 6.18 Å². The maximum absolute atomic E-state index is 14.8. The molecule has 1 nitrogen and oxygen atoms in total. The highest BCUT2D eigenvalue weighted by atomic mass is 19.4. The van der Waals surface area contributed by atoms with E-state index in [0.29, 0.717) is 24.4 Å². The Kier molecular flexibility index (Phi) is 9.48. The first-order valence-electron chi connectivity index (χ1n) is 13.8. The normalized spacial score (nSPS) is 24.6. The van der Waals surface area contributed by atoms with E-state index in [2.05, 4.69) is 6.92 Å². The molecule has 0 amide bonds. The number of hydrogen-bond donors (Lipinski definition) is 0. The molecule has 2 aliphatic rings. The quantitative estimate of drug-likeness (QED) is 0.304. The van der Waals surface area contributed by atoms with Crippen LogP contribution in [0.4, 0.5) is 26.3 Å². The third-order valence-corrected chi connectivity index (χ3v) is 8.40. The zero-order valence-electron chi connectivity index (χ0n) is 21.8. The van der Waals surface area contributed by atoms with E-state index in [1.54, 1.807) is 6.07 Å². The first-order chi connectivity index (χ1) is 18.1. The highest BCUT2D eigenvalue weighted by Crippen LogP contribution is 2.42. The molecule has 0 radical (unpaired) electrons. The fraction of sp³-hybridized carbons (Fsp3) is 0.548.